The van der Waals surface area contributed by atoms with Crippen molar-refractivity contribution in [3.63, 3.8) is 0 Å². The molecule has 1 fully saturated rings. The highest BCUT2D eigenvalue weighted by Crippen LogP contribution is 2.44. The Morgan fingerprint density at radius 3 is 2.58 bits per heavy atom. The molecule has 0 atom stereocenters. The first kappa shape index (κ1) is 17.1. The molecular formula is C18H13F2N3OS2. The van der Waals surface area contributed by atoms with Crippen molar-refractivity contribution in [2.45, 2.75) is 22.0 Å². The minimum atomic E-state index is -2.49. The monoisotopic (exact) mass is 389 g/mol. The van der Waals surface area contributed by atoms with E-state index in [0.717, 1.165) is 15.6 Å². The van der Waals surface area contributed by atoms with Gasteiger partial charge in [-0.25, -0.2) is 0 Å². The third kappa shape index (κ3) is 3.10. The van der Waals surface area contributed by atoms with E-state index in [1.54, 1.807) is 12.1 Å². The first-order chi connectivity index (χ1) is 12.5. The number of amides is 1. The summed E-state index contributed by atoms with van der Waals surface area (Å²) < 4.78 is 24.9. The smallest absolute Gasteiger partial charge is 0.288 e. The van der Waals surface area contributed by atoms with E-state index >= 15 is 0 Å². The summed E-state index contributed by atoms with van der Waals surface area (Å²) in [5.74, 6) is -2.58. The SMILES string of the molecule is N=C1/C(=C2\Nc3ccccc3S2)CC(=O)N1c1ccc(SC(F)F)cc1. The number of carbonyl (C=O) groups is 1. The van der Waals surface area contributed by atoms with E-state index in [-0.39, 0.29) is 18.2 Å². The van der Waals surface area contributed by atoms with E-state index in [4.69, 9.17) is 5.41 Å². The van der Waals surface area contributed by atoms with Gasteiger partial charge in [0.25, 0.3) is 5.76 Å². The molecule has 2 N–H and O–H groups in total. The molecule has 2 aromatic rings. The average molecular weight is 389 g/mol. The Kier molecular flexibility index (Phi) is 4.46. The number of thioether (sulfide) groups is 2. The molecule has 8 heteroatoms. The van der Waals surface area contributed by atoms with Crippen LogP contribution in [0, 0.1) is 5.41 Å². The van der Waals surface area contributed by atoms with Gasteiger partial charge in [-0.3, -0.25) is 15.1 Å². The molecule has 0 radical (unpaired) electrons. The molecule has 0 aliphatic carbocycles. The van der Waals surface area contributed by atoms with Crippen LogP contribution in [-0.2, 0) is 4.79 Å². The number of hydrogen-bond donors (Lipinski definition) is 2. The number of fused-ring (bicyclic) bond motifs is 1. The number of anilines is 2. The van der Waals surface area contributed by atoms with Crippen LogP contribution in [0.2, 0.25) is 0 Å². The van der Waals surface area contributed by atoms with Gasteiger partial charge in [0.1, 0.15) is 5.84 Å². The summed E-state index contributed by atoms with van der Waals surface area (Å²) in [7, 11) is 0. The Balaban J connectivity index is 1.60. The third-order valence-electron chi connectivity index (χ3n) is 4.03. The Hall–Kier alpha value is -2.32. The zero-order chi connectivity index (χ0) is 18.3. The maximum atomic E-state index is 12.5. The molecule has 0 aromatic heterocycles. The summed E-state index contributed by atoms with van der Waals surface area (Å²) >= 11 is 1.96. The third-order valence-corrected chi connectivity index (χ3v) is 5.88. The number of rotatable bonds is 3. The summed E-state index contributed by atoms with van der Waals surface area (Å²) in [6.07, 6.45) is 0.135. The molecular weight excluding hydrogens is 376 g/mol. The molecule has 0 spiro atoms. The predicted octanol–water partition coefficient (Wildman–Crippen LogP) is 5.14. The maximum absolute atomic E-state index is 12.5. The summed E-state index contributed by atoms with van der Waals surface area (Å²) in [6, 6.07) is 14.1. The lowest BCUT2D eigenvalue weighted by atomic mass is 10.2. The lowest BCUT2D eigenvalue weighted by molar-refractivity contribution is -0.116. The number of carbonyl (C=O) groups excluding carboxylic acids is 1. The van der Waals surface area contributed by atoms with Crippen LogP contribution in [0.4, 0.5) is 20.2 Å². The van der Waals surface area contributed by atoms with Crippen LogP contribution < -0.4 is 10.2 Å². The van der Waals surface area contributed by atoms with E-state index in [9.17, 15) is 13.6 Å². The number of halogens is 2. The topological polar surface area (TPSA) is 56.2 Å². The number of nitrogens with zero attached hydrogens (tertiary/aromatic N) is 1. The summed E-state index contributed by atoms with van der Waals surface area (Å²) in [5, 5.41) is 12.5. The number of alkyl halides is 2. The van der Waals surface area contributed by atoms with Crippen LogP contribution >= 0.6 is 23.5 Å². The van der Waals surface area contributed by atoms with Gasteiger partial charge in [0, 0.05) is 15.4 Å². The maximum Gasteiger partial charge on any atom is 0.288 e. The number of benzene rings is 2. The standard InChI is InChI=1S/C18H13F2N3OS2/c19-18(20)25-11-7-5-10(6-8-11)23-15(24)9-12(16(23)21)17-22-13-3-1-2-4-14(13)26-17/h1-8,18,21-22H,9H2/b17-12+,21-16?. The molecule has 4 nitrogen and oxygen atoms in total. The highest BCUT2D eigenvalue weighted by atomic mass is 32.2. The number of amidine groups is 1. The molecule has 0 saturated carbocycles. The molecule has 1 amide bonds. The Labute approximate surface area is 157 Å². The van der Waals surface area contributed by atoms with Crippen LogP contribution in [-0.4, -0.2) is 17.5 Å². The molecule has 0 unspecified atom stereocenters. The second kappa shape index (κ2) is 6.77. The van der Waals surface area contributed by atoms with Crippen molar-refractivity contribution in [2.75, 3.05) is 10.2 Å². The van der Waals surface area contributed by atoms with Crippen molar-refractivity contribution >= 4 is 46.6 Å². The fraction of sp³-hybridized carbons (Fsp3) is 0.111. The quantitative estimate of drug-likeness (QED) is 0.714. The van der Waals surface area contributed by atoms with Gasteiger partial charge in [0.15, 0.2) is 0 Å². The minimum absolute atomic E-state index is 0.118. The van der Waals surface area contributed by atoms with Gasteiger partial charge in [0.2, 0.25) is 5.91 Å². The fourth-order valence-electron chi connectivity index (χ4n) is 2.86. The number of para-hydroxylation sites is 1. The molecule has 1 saturated heterocycles. The lowest BCUT2D eigenvalue weighted by Crippen LogP contribution is -2.28. The minimum Gasteiger partial charge on any atom is -0.349 e. The normalized spacial score (nSPS) is 19.3. The van der Waals surface area contributed by atoms with Crippen molar-refractivity contribution in [3.8, 4) is 0 Å². The Bertz CT molecular complexity index is 901. The van der Waals surface area contributed by atoms with Crippen LogP contribution in [0.3, 0.4) is 0 Å². The van der Waals surface area contributed by atoms with Crippen LogP contribution in [0.25, 0.3) is 0 Å². The Morgan fingerprint density at radius 1 is 1.15 bits per heavy atom. The van der Waals surface area contributed by atoms with E-state index in [2.05, 4.69) is 5.32 Å². The summed E-state index contributed by atoms with van der Waals surface area (Å²) in [4.78, 5) is 15.3. The second-order valence-corrected chi connectivity index (χ2v) is 7.77. The van der Waals surface area contributed by atoms with E-state index in [0.29, 0.717) is 27.9 Å². The van der Waals surface area contributed by atoms with Crippen LogP contribution in [0.1, 0.15) is 6.42 Å². The van der Waals surface area contributed by atoms with E-state index in [1.807, 2.05) is 24.3 Å². The molecule has 2 aliphatic heterocycles. The first-order valence-corrected chi connectivity index (χ1v) is 9.46. The molecule has 26 heavy (non-hydrogen) atoms. The zero-order valence-corrected chi connectivity index (χ0v) is 15.0. The second-order valence-electron chi connectivity index (χ2n) is 5.66. The van der Waals surface area contributed by atoms with Gasteiger partial charge in [-0.05, 0) is 36.4 Å². The molecule has 2 heterocycles. The molecule has 2 aromatic carbocycles. The molecule has 2 aliphatic rings. The highest BCUT2D eigenvalue weighted by Gasteiger charge is 2.35. The van der Waals surface area contributed by atoms with Crippen molar-refractivity contribution < 1.29 is 13.6 Å². The van der Waals surface area contributed by atoms with Crippen molar-refractivity contribution in [1.29, 1.82) is 5.41 Å². The van der Waals surface area contributed by atoms with Gasteiger partial charge in [-0.15, -0.1) is 0 Å². The lowest BCUT2D eigenvalue weighted by Gasteiger charge is -2.16. The van der Waals surface area contributed by atoms with E-state index in [1.165, 1.54) is 28.8 Å². The number of nitrogens with one attached hydrogen (secondary N) is 2. The van der Waals surface area contributed by atoms with Crippen LogP contribution in [0.5, 0.6) is 0 Å². The molecule has 132 valence electrons. The van der Waals surface area contributed by atoms with Crippen molar-refractivity contribution in [2.24, 2.45) is 0 Å². The molecule has 0 bridgehead atoms. The first-order valence-electron chi connectivity index (χ1n) is 7.77. The number of hydrogen-bond acceptors (Lipinski definition) is 5. The highest BCUT2D eigenvalue weighted by molar-refractivity contribution is 8.03. The van der Waals surface area contributed by atoms with Gasteiger partial charge < -0.3 is 5.32 Å². The summed E-state index contributed by atoms with van der Waals surface area (Å²) in [5.41, 5.74) is 2.11. The average Bonchev–Trinajstić information content (AvgIpc) is 3.16. The van der Waals surface area contributed by atoms with Gasteiger partial charge in [-0.1, -0.05) is 35.7 Å². The van der Waals surface area contributed by atoms with Crippen molar-refractivity contribution in [1.82, 2.24) is 0 Å². The Morgan fingerprint density at radius 2 is 1.88 bits per heavy atom. The van der Waals surface area contributed by atoms with Gasteiger partial charge >= 0.3 is 0 Å². The largest absolute Gasteiger partial charge is 0.349 e. The van der Waals surface area contributed by atoms with Crippen molar-refractivity contribution in [3.05, 3.63) is 59.1 Å². The van der Waals surface area contributed by atoms with E-state index < -0.39 is 5.76 Å². The zero-order valence-electron chi connectivity index (χ0n) is 13.3. The fourth-order valence-corrected chi connectivity index (χ4v) is 4.41. The van der Waals surface area contributed by atoms with Crippen LogP contribution in [0.15, 0.2) is 68.9 Å². The predicted molar refractivity (Wildman–Crippen MR) is 101 cm³/mol. The summed E-state index contributed by atoms with van der Waals surface area (Å²) in [6.45, 7) is 0. The van der Waals surface area contributed by atoms with Gasteiger partial charge in [0.05, 0.1) is 22.8 Å². The van der Waals surface area contributed by atoms with Gasteiger partial charge in [-0.2, -0.15) is 8.78 Å². The molecule has 4 rings (SSSR count).